The van der Waals surface area contributed by atoms with Gasteiger partial charge in [-0.1, -0.05) is 17.7 Å². The first-order chi connectivity index (χ1) is 15.3. The molecule has 1 aromatic heterocycles. The van der Waals surface area contributed by atoms with E-state index in [4.69, 9.17) is 21.1 Å². The highest BCUT2D eigenvalue weighted by molar-refractivity contribution is 6.30. The Morgan fingerprint density at radius 3 is 2.62 bits per heavy atom. The molecule has 0 fully saturated rings. The molecular weight excluding hydrogens is 449 g/mol. The summed E-state index contributed by atoms with van der Waals surface area (Å²) in [6, 6.07) is 10.1. The van der Waals surface area contributed by atoms with Crippen LogP contribution in [0.3, 0.4) is 0 Å². The molecule has 1 amide bonds. The molecule has 3 heterocycles. The van der Waals surface area contributed by atoms with Crippen LogP contribution >= 0.6 is 11.6 Å². The normalized spacial score (nSPS) is 19.2. The van der Waals surface area contributed by atoms with Crippen molar-refractivity contribution in [2.75, 3.05) is 17.4 Å². The van der Waals surface area contributed by atoms with E-state index < -0.39 is 24.2 Å². The summed E-state index contributed by atoms with van der Waals surface area (Å²) in [5, 5.41) is 10.1. The number of carbonyl (C=O) groups excluding carboxylic acids is 1. The van der Waals surface area contributed by atoms with E-state index in [9.17, 15) is 18.0 Å². The molecule has 0 spiro atoms. The molecule has 11 heteroatoms. The fourth-order valence-corrected chi connectivity index (χ4v) is 3.89. The maximum Gasteiger partial charge on any atom is 0.410 e. The second-order valence-corrected chi connectivity index (χ2v) is 7.86. The van der Waals surface area contributed by atoms with Crippen LogP contribution in [0.5, 0.6) is 11.5 Å². The van der Waals surface area contributed by atoms with Crippen molar-refractivity contribution >= 4 is 29.0 Å². The number of aromatic nitrogens is 2. The van der Waals surface area contributed by atoms with Crippen molar-refractivity contribution < 1.29 is 27.4 Å². The summed E-state index contributed by atoms with van der Waals surface area (Å²) in [7, 11) is 0. The lowest BCUT2D eigenvalue weighted by Gasteiger charge is -2.33. The number of alkyl halides is 3. The van der Waals surface area contributed by atoms with Crippen LogP contribution in [0.1, 0.15) is 34.6 Å². The van der Waals surface area contributed by atoms with Crippen LogP contribution in [0.2, 0.25) is 5.02 Å². The minimum absolute atomic E-state index is 0.0704. The van der Waals surface area contributed by atoms with Gasteiger partial charge in [-0.25, -0.2) is 4.68 Å². The van der Waals surface area contributed by atoms with E-state index in [0.717, 1.165) is 4.68 Å². The van der Waals surface area contributed by atoms with Gasteiger partial charge in [-0.05, 0) is 42.0 Å². The van der Waals surface area contributed by atoms with E-state index >= 15 is 0 Å². The Balaban J connectivity index is 1.44. The average Bonchev–Trinajstić information content (AvgIpc) is 3.40. The first-order valence-electron chi connectivity index (χ1n) is 9.67. The lowest BCUT2D eigenvalue weighted by atomic mass is 9.96. The third-order valence-electron chi connectivity index (χ3n) is 5.32. The quantitative estimate of drug-likeness (QED) is 0.558. The zero-order valence-electron chi connectivity index (χ0n) is 16.3. The number of nitrogens with one attached hydrogen (secondary N) is 2. The van der Waals surface area contributed by atoms with E-state index in [-0.39, 0.29) is 24.7 Å². The second-order valence-electron chi connectivity index (χ2n) is 7.42. The molecule has 3 aromatic rings. The van der Waals surface area contributed by atoms with E-state index in [1.807, 2.05) is 0 Å². The Morgan fingerprint density at radius 1 is 1.12 bits per heavy atom. The summed E-state index contributed by atoms with van der Waals surface area (Å²) in [5.74, 6) is 0.497. The molecule has 0 bridgehead atoms. The predicted octanol–water partition coefficient (Wildman–Crippen LogP) is 5.18. The predicted molar refractivity (Wildman–Crippen MR) is 110 cm³/mol. The minimum atomic E-state index is -4.55. The van der Waals surface area contributed by atoms with Crippen molar-refractivity contribution in [2.45, 2.75) is 24.7 Å². The fraction of sp³-hybridized carbons (Fsp3) is 0.238. The molecule has 2 aliphatic heterocycles. The number of ether oxygens (including phenoxy) is 2. The standard InChI is InChI=1S/C21H16ClF3N4O3/c22-12-2-4-13(5-3-12)26-20(30)15-9-19-27-14(8-18(21(23,24)25)29(19)28-15)11-1-6-16-17(7-11)32-10-31-16/h1-7,9,14,18,27H,8,10H2,(H,26,30). The summed E-state index contributed by atoms with van der Waals surface area (Å²) < 4.78 is 53.1. The summed E-state index contributed by atoms with van der Waals surface area (Å²) in [6.07, 6.45) is -4.85. The van der Waals surface area contributed by atoms with Crippen molar-refractivity contribution in [3.05, 3.63) is 64.8 Å². The summed E-state index contributed by atoms with van der Waals surface area (Å²) in [5.41, 5.74) is 0.926. The van der Waals surface area contributed by atoms with Gasteiger partial charge < -0.3 is 20.1 Å². The van der Waals surface area contributed by atoms with Gasteiger partial charge in [-0.15, -0.1) is 0 Å². The number of hydrogen-bond donors (Lipinski definition) is 2. The van der Waals surface area contributed by atoms with Gasteiger partial charge in [0.1, 0.15) is 5.82 Å². The van der Waals surface area contributed by atoms with E-state index in [0.29, 0.717) is 27.8 Å². The van der Waals surface area contributed by atoms with Crippen molar-refractivity contribution in [2.24, 2.45) is 0 Å². The molecule has 7 nitrogen and oxygen atoms in total. The van der Waals surface area contributed by atoms with Gasteiger partial charge in [0.2, 0.25) is 6.79 Å². The number of carbonyl (C=O) groups is 1. The zero-order valence-corrected chi connectivity index (χ0v) is 17.1. The molecule has 2 atom stereocenters. The van der Waals surface area contributed by atoms with Crippen LogP contribution in [-0.2, 0) is 0 Å². The Hall–Kier alpha value is -3.40. The monoisotopic (exact) mass is 464 g/mol. The molecule has 2 N–H and O–H groups in total. The largest absolute Gasteiger partial charge is 0.454 e. The Labute approximate surface area is 185 Å². The molecule has 0 radical (unpaired) electrons. The Kier molecular flexibility index (Phi) is 4.89. The molecule has 0 aliphatic carbocycles. The van der Waals surface area contributed by atoms with Crippen molar-refractivity contribution in [1.82, 2.24) is 9.78 Å². The van der Waals surface area contributed by atoms with E-state index in [1.54, 1.807) is 42.5 Å². The molecule has 2 unspecified atom stereocenters. The molecule has 0 saturated heterocycles. The molecular formula is C21H16ClF3N4O3. The Morgan fingerprint density at radius 2 is 1.88 bits per heavy atom. The first-order valence-corrected chi connectivity index (χ1v) is 10.0. The van der Waals surface area contributed by atoms with Crippen molar-refractivity contribution in [3.8, 4) is 11.5 Å². The summed E-state index contributed by atoms with van der Waals surface area (Å²) in [6.45, 7) is 0.0704. The lowest BCUT2D eigenvalue weighted by molar-refractivity contribution is -0.173. The van der Waals surface area contributed by atoms with Crippen LogP contribution in [-0.4, -0.2) is 28.7 Å². The maximum atomic E-state index is 13.9. The highest BCUT2D eigenvalue weighted by Crippen LogP contribution is 2.45. The topological polar surface area (TPSA) is 77.4 Å². The Bertz CT molecular complexity index is 1180. The molecule has 5 rings (SSSR count). The second kappa shape index (κ2) is 7.63. The number of hydrogen-bond acceptors (Lipinski definition) is 5. The molecule has 2 aromatic carbocycles. The van der Waals surface area contributed by atoms with E-state index in [2.05, 4.69) is 15.7 Å². The number of anilines is 2. The summed E-state index contributed by atoms with van der Waals surface area (Å²) >= 11 is 5.83. The number of rotatable bonds is 3. The van der Waals surface area contributed by atoms with Gasteiger partial charge in [0, 0.05) is 23.2 Å². The van der Waals surface area contributed by atoms with Crippen LogP contribution < -0.4 is 20.1 Å². The molecule has 32 heavy (non-hydrogen) atoms. The van der Waals surface area contributed by atoms with Gasteiger partial charge in [0.25, 0.3) is 5.91 Å². The van der Waals surface area contributed by atoms with Crippen molar-refractivity contribution in [1.29, 1.82) is 0 Å². The maximum absolute atomic E-state index is 13.9. The number of nitrogens with zero attached hydrogens (tertiary/aromatic N) is 2. The van der Waals surface area contributed by atoms with Gasteiger partial charge in [0.15, 0.2) is 23.2 Å². The number of benzene rings is 2. The minimum Gasteiger partial charge on any atom is -0.454 e. The van der Waals surface area contributed by atoms with Crippen molar-refractivity contribution in [3.63, 3.8) is 0 Å². The fourth-order valence-electron chi connectivity index (χ4n) is 3.76. The lowest BCUT2D eigenvalue weighted by Crippen LogP contribution is -2.35. The van der Waals surface area contributed by atoms with Gasteiger partial charge >= 0.3 is 6.18 Å². The molecule has 166 valence electrons. The number of fused-ring (bicyclic) bond motifs is 2. The highest BCUT2D eigenvalue weighted by Gasteiger charge is 2.47. The number of amides is 1. The molecule has 2 aliphatic rings. The summed E-state index contributed by atoms with van der Waals surface area (Å²) in [4.78, 5) is 12.6. The highest BCUT2D eigenvalue weighted by atomic mass is 35.5. The van der Waals surface area contributed by atoms with Gasteiger partial charge in [-0.3, -0.25) is 4.79 Å². The van der Waals surface area contributed by atoms with Crippen LogP contribution in [0.4, 0.5) is 24.7 Å². The van der Waals surface area contributed by atoms with Gasteiger partial charge in [0.05, 0.1) is 6.04 Å². The third kappa shape index (κ3) is 3.81. The van der Waals surface area contributed by atoms with Crippen LogP contribution in [0.25, 0.3) is 0 Å². The van der Waals surface area contributed by atoms with E-state index in [1.165, 1.54) is 6.07 Å². The van der Waals surface area contributed by atoms with Crippen LogP contribution in [0, 0.1) is 0 Å². The zero-order chi connectivity index (χ0) is 22.5. The molecule has 0 saturated carbocycles. The van der Waals surface area contributed by atoms with Crippen LogP contribution in [0.15, 0.2) is 48.5 Å². The first kappa shape index (κ1) is 20.5. The third-order valence-corrected chi connectivity index (χ3v) is 5.58. The average molecular weight is 465 g/mol. The van der Waals surface area contributed by atoms with Gasteiger partial charge in [-0.2, -0.15) is 18.3 Å². The number of halogens is 4. The SMILES string of the molecule is O=C(Nc1ccc(Cl)cc1)c1cc2n(n1)C(C(F)(F)F)CC(c1ccc3c(c1)OCO3)N2. The smallest absolute Gasteiger partial charge is 0.410 e.